The van der Waals surface area contributed by atoms with Crippen LogP contribution in [0, 0.1) is 0 Å². The third kappa shape index (κ3) is 3.90. The Labute approximate surface area is 144 Å². The van der Waals surface area contributed by atoms with E-state index in [1.165, 1.54) is 13.0 Å². The lowest BCUT2D eigenvalue weighted by Crippen LogP contribution is -2.46. The number of nitrogens with zero attached hydrogens (tertiary/aromatic N) is 4. The predicted molar refractivity (Wildman–Crippen MR) is 97.0 cm³/mol. The second-order valence-electron chi connectivity index (χ2n) is 4.65. The highest BCUT2D eigenvalue weighted by atomic mass is 79.9. The lowest BCUT2D eigenvalue weighted by Gasteiger charge is -2.34. The molecule has 1 saturated heterocycles. The first-order chi connectivity index (χ1) is 8.86. The summed E-state index contributed by atoms with van der Waals surface area (Å²) < 4.78 is 0. The minimum absolute atomic E-state index is 0. The first-order valence-electron chi connectivity index (χ1n) is 6.55. The molecule has 0 saturated carbocycles. The van der Waals surface area contributed by atoms with Gasteiger partial charge in [0, 0.05) is 32.4 Å². The molecule has 7 heteroatoms. The van der Waals surface area contributed by atoms with Crippen LogP contribution in [0.2, 0.25) is 0 Å². The van der Waals surface area contributed by atoms with Gasteiger partial charge in [0.25, 0.3) is 0 Å². The van der Waals surface area contributed by atoms with Crippen LogP contribution in [-0.4, -0.2) is 47.6 Å². The van der Waals surface area contributed by atoms with Gasteiger partial charge in [0.1, 0.15) is 10.3 Å². The van der Waals surface area contributed by atoms with E-state index in [2.05, 4.69) is 26.7 Å². The van der Waals surface area contributed by atoms with Crippen molar-refractivity contribution in [3.63, 3.8) is 0 Å². The molecule has 0 aliphatic carbocycles. The number of rotatable bonds is 3. The van der Waals surface area contributed by atoms with Crippen LogP contribution in [0.1, 0.15) is 13.3 Å². The number of piperazine rings is 1. The van der Waals surface area contributed by atoms with Gasteiger partial charge in [-0.1, -0.05) is 18.3 Å². The zero-order valence-electron chi connectivity index (χ0n) is 11.5. The van der Waals surface area contributed by atoms with Gasteiger partial charge < -0.3 is 4.90 Å². The summed E-state index contributed by atoms with van der Waals surface area (Å²) in [7, 11) is 0. The normalized spacial score (nSPS) is 15.8. The van der Waals surface area contributed by atoms with E-state index in [0.29, 0.717) is 0 Å². The van der Waals surface area contributed by atoms with Gasteiger partial charge in [-0.05, 0) is 25.1 Å². The van der Waals surface area contributed by atoms with E-state index in [1.54, 1.807) is 11.3 Å². The summed E-state index contributed by atoms with van der Waals surface area (Å²) in [6.45, 7) is 7.93. The molecule has 0 bridgehead atoms. The number of thiazole rings is 1. The van der Waals surface area contributed by atoms with E-state index in [4.69, 9.17) is 0 Å². The fourth-order valence-electron chi connectivity index (χ4n) is 2.37. The van der Waals surface area contributed by atoms with E-state index < -0.39 is 0 Å². The maximum Gasteiger partial charge on any atom is 0.188 e. The predicted octanol–water partition coefficient (Wildman–Crippen LogP) is 3.38. The van der Waals surface area contributed by atoms with Crippen LogP contribution < -0.4 is 4.90 Å². The molecule has 0 spiro atoms. The second kappa shape index (κ2) is 8.26. The molecule has 3 rings (SSSR count). The quantitative estimate of drug-likeness (QED) is 0.757. The van der Waals surface area contributed by atoms with Gasteiger partial charge in [-0.25, -0.2) is 9.97 Å². The van der Waals surface area contributed by atoms with E-state index in [-0.39, 0.29) is 34.0 Å². The van der Waals surface area contributed by atoms with Crippen LogP contribution in [0.5, 0.6) is 0 Å². The molecule has 0 radical (unpaired) electrons. The van der Waals surface area contributed by atoms with Crippen LogP contribution in [-0.2, 0) is 0 Å². The molecule has 4 nitrogen and oxygen atoms in total. The van der Waals surface area contributed by atoms with E-state index >= 15 is 0 Å². The second-order valence-corrected chi connectivity index (χ2v) is 5.61. The molecular formula is C13H20Br2N4S. The molecule has 3 heterocycles. The number of aromatic nitrogens is 2. The van der Waals surface area contributed by atoms with Crippen molar-refractivity contribution in [1.82, 2.24) is 14.9 Å². The smallest absolute Gasteiger partial charge is 0.188 e. The van der Waals surface area contributed by atoms with E-state index in [0.717, 1.165) is 41.7 Å². The third-order valence-corrected chi connectivity index (χ3v) is 4.38. The van der Waals surface area contributed by atoms with Crippen molar-refractivity contribution in [2.24, 2.45) is 0 Å². The van der Waals surface area contributed by atoms with Gasteiger partial charge in [-0.3, -0.25) is 4.90 Å². The molecule has 0 atom stereocenters. The fraction of sp³-hybridized carbons (Fsp3) is 0.538. The van der Waals surface area contributed by atoms with Gasteiger partial charge in [-0.15, -0.1) is 34.0 Å². The van der Waals surface area contributed by atoms with Crippen molar-refractivity contribution in [1.29, 1.82) is 0 Å². The molecule has 2 aromatic heterocycles. The minimum atomic E-state index is 0. The SMILES string of the molecule is Br.Br.CCCN1CCN(c2nc3cccnc3s2)CC1. The Bertz CT molecular complexity index is 493. The zero-order chi connectivity index (χ0) is 12.4. The highest BCUT2D eigenvalue weighted by Gasteiger charge is 2.19. The van der Waals surface area contributed by atoms with Crippen molar-refractivity contribution < 1.29 is 0 Å². The number of hydrogen-bond donors (Lipinski definition) is 0. The van der Waals surface area contributed by atoms with Crippen LogP contribution in [0.25, 0.3) is 10.3 Å². The first-order valence-corrected chi connectivity index (χ1v) is 7.37. The molecule has 2 aromatic rings. The molecule has 1 aliphatic rings. The average Bonchev–Trinajstić information content (AvgIpc) is 2.84. The number of fused-ring (bicyclic) bond motifs is 1. The Hall–Kier alpha value is -0.240. The minimum Gasteiger partial charge on any atom is -0.345 e. The maximum absolute atomic E-state index is 4.67. The van der Waals surface area contributed by atoms with Gasteiger partial charge in [0.15, 0.2) is 5.13 Å². The highest BCUT2D eigenvalue weighted by molar-refractivity contribution is 8.93. The molecule has 0 amide bonds. The molecule has 1 fully saturated rings. The number of hydrogen-bond acceptors (Lipinski definition) is 5. The van der Waals surface area contributed by atoms with Crippen LogP contribution in [0.4, 0.5) is 5.13 Å². The summed E-state index contributed by atoms with van der Waals surface area (Å²) in [5.41, 5.74) is 1.02. The number of halogens is 2. The van der Waals surface area contributed by atoms with Crippen LogP contribution in [0.3, 0.4) is 0 Å². The van der Waals surface area contributed by atoms with Crippen LogP contribution >= 0.6 is 45.3 Å². The zero-order valence-corrected chi connectivity index (χ0v) is 15.7. The monoisotopic (exact) mass is 422 g/mol. The first kappa shape index (κ1) is 17.8. The van der Waals surface area contributed by atoms with E-state index in [1.807, 2.05) is 18.3 Å². The maximum atomic E-state index is 4.67. The lowest BCUT2D eigenvalue weighted by molar-refractivity contribution is 0.258. The Morgan fingerprint density at radius 1 is 1.20 bits per heavy atom. The molecule has 0 N–H and O–H groups in total. The van der Waals surface area contributed by atoms with Crippen molar-refractivity contribution in [2.45, 2.75) is 13.3 Å². The van der Waals surface area contributed by atoms with Gasteiger partial charge in [0.05, 0.1) is 0 Å². The van der Waals surface area contributed by atoms with E-state index in [9.17, 15) is 0 Å². The topological polar surface area (TPSA) is 32.3 Å². The Balaban J connectivity index is 0.000001000. The Morgan fingerprint density at radius 3 is 2.60 bits per heavy atom. The molecule has 0 aromatic carbocycles. The largest absolute Gasteiger partial charge is 0.345 e. The molecular weight excluding hydrogens is 404 g/mol. The average molecular weight is 424 g/mol. The number of pyridine rings is 1. The third-order valence-electron chi connectivity index (χ3n) is 3.34. The molecule has 20 heavy (non-hydrogen) atoms. The van der Waals surface area contributed by atoms with Gasteiger partial charge >= 0.3 is 0 Å². The summed E-state index contributed by atoms with van der Waals surface area (Å²) in [5.74, 6) is 0. The summed E-state index contributed by atoms with van der Waals surface area (Å²) in [6, 6.07) is 3.99. The summed E-state index contributed by atoms with van der Waals surface area (Å²) in [4.78, 5) is 15.0. The van der Waals surface area contributed by atoms with Crippen molar-refractivity contribution >= 4 is 60.8 Å². The summed E-state index contributed by atoms with van der Waals surface area (Å²) in [6.07, 6.45) is 3.08. The highest BCUT2D eigenvalue weighted by Crippen LogP contribution is 2.27. The van der Waals surface area contributed by atoms with Crippen molar-refractivity contribution in [3.8, 4) is 0 Å². The van der Waals surface area contributed by atoms with Gasteiger partial charge in [0.2, 0.25) is 0 Å². The van der Waals surface area contributed by atoms with Gasteiger partial charge in [-0.2, -0.15) is 0 Å². The fourth-order valence-corrected chi connectivity index (χ4v) is 3.33. The Kier molecular flexibility index (Phi) is 7.36. The molecule has 1 aliphatic heterocycles. The molecule has 112 valence electrons. The Morgan fingerprint density at radius 2 is 1.95 bits per heavy atom. The lowest BCUT2D eigenvalue weighted by atomic mass is 10.3. The summed E-state index contributed by atoms with van der Waals surface area (Å²) in [5, 5.41) is 1.12. The summed E-state index contributed by atoms with van der Waals surface area (Å²) >= 11 is 1.70. The number of anilines is 1. The van der Waals surface area contributed by atoms with Crippen molar-refractivity contribution in [3.05, 3.63) is 18.3 Å². The van der Waals surface area contributed by atoms with Crippen LogP contribution in [0.15, 0.2) is 18.3 Å². The standard InChI is InChI=1S/C13H18N4S.2BrH/c1-2-6-16-7-9-17(10-8-16)13-15-11-4-3-5-14-12(11)18-13;;/h3-5H,2,6-10H2,1H3;2*1H. The molecule has 0 unspecified atom stereocenters. The van der Waals surface area contributed by atoms with Crippen molar-refractivity contribution in [2.75, 3.05) is 37.6 Å².